The Morgan fingerprint density at radius 2 is 1.87 bits per heavy atom. The lowest BCUT2D eigenvalue weighted by molar-refractivity contribution is 0.102. The summed E-state index contributed by atoms with van der Waals surface area (Å²) in [5, 5.41) is 11.5. The van der Waals surface area contributed by atoms with Gasteiger partial charge in [-0.05, 0) is 35.6 Å². The third kappa shape index (κ3) is 6.11. The Morgan fingerprint density at radius 3 is 2.52 bits per heavy atom. The third-order valence-corrected chi connectivity index (χ3v) is 7.83. The highest BCUT2D eigenvalue weighted by Gasteiger charge is 2.22. The largest absolute Gasteiger partial charge is 0.296 e. The number of nitrogens with zero attached hydrogens (tertiary/aromatic N) is 3. The van der Waals surface area contributed by atoms with Crippen LogP contribution < -0.4 is 9.62 Å². The number of rotatable bonds is 8. The topological polar surface area (TPSA) is 92.3 Å². The van der Waals surface area contributed by atoms with Crippen molar-refractivity contribution >= 4 is 73.0 Å². The van der Waals surface area contributed by atoms with Crippen molar-refractivity contribution < 1.29 is 13.2 Å². The molecule has 1 N–H and O–H groups in total. The van der Waals surface area contributed by atoms with Crippen molar-refractivity contribution in [2.45, 2.75) is 17.8 Å². The minimum absolute atomic E-state index is 0.0365. The molecule has 2 aromatic carbocycles. The molecule has 3 aromatic rings. The Kier molecular flexibility index (Phi) is 7.82. The van der Waals surface area contributed by atoms with Gasteiger partial charge in [-0.25, -0.2) is 8.42 Å². The molecule has 3 rings (SSSR count). The number of sulfonamides is 1. The van der Waals surface area contributed by atoms with Gasteiger partial charge in [-0.15, -0.1) is 10.2 Å². The quantitative estimate of drug-likeness (QED) is 0.327. The van der Waals surface area contributed by atoms with Gasteiger partial charge in [0.2, 0.25) is 15.2 Å². The highest BCUT2D eigenvalue weighted by molar-refractivity contribution is 8.01. The van der Waals surface area contributed by atoms with Crippen LogP contribution in [0, 0.1) is 0 Å². The van der Waals surface area contributed by atoms with Crippen LogP contribution in [0.1, 0.15) is 22.8 Å². The van der Waals surface area contributed by atoms with E-state index >= 15 is 0 Å². The first-order valence-electron chi connectivity index (χ1n) is 8.97. The van der Waals surface area contributed by atoms with Gasteiger partial charge in [0.05, 0.1) is 28.5 Å². The fourth-order valence-electron chi connectivity index (χ4n) is 2.60. The Labute approximate surface area is 198 Å². The van der Waals surface area contributed by atoms with E-state index in [0.717, 1.165) is 16.3 Å². The van der Waals surface area contributed by atoms with Gasteiger partial charge in [0.15, 0.2) is 4.34 Å². The molecule has 0 saturated heterocycles. The fraction of sp³-hybridized carbons (Fsp3) is 0.211. The number of anilines is 2. The number of hydrogen-bond acceptors (Lipinski definition) is 7. The van der Waals surface area contributed by atoms with Crippen LogP contribution in [0.15, 0.2) is 46.8 Å². The number of halogens is 2. The fourth-order valence-corrected chi connectivity index (χ4v) is 5.59. The minimum Gasteiger partial charge on any atom is -0.296 e. The van der Waals surface area contributed by atoms with Crippen LogP contribution in [0.2, 0.25) is 10.0 Å². The van der Waals surface area contributed by atoms with Crippen molar-refractivity contribution in [3.63, 3.8) is 0 Å². The second kappa shape index (κ2) is 10.2. The Hall–Kier alpha value is -1.85. The summed E-state index contributed by atoms with van der Waals surface area (Å²) in [7, 11) is -3.63. The molecule has 0 fully saturated rings. The number of carbonyl (C=O) groups excluding carboxylic acids is 1. The third-order valence-electron chi connectivity index (χ3n) is 4.04. The minimum atomic E-state index is -3.63. The van der Waals surface area contributed by atoms with Crippen molar-refractivity contribution in [2.24, 2.45) is 0 Å². The predicted molar refractivity (Wildman–Crippen MR) is 128 cm³/mol. The maximum Gasteiger partial charge on any atom is 0.257 e. The van der Waals surface area contributed by atoms with E-state index < -0.39 is 10.0 Å². The van der Waals surface area contributed by atoms with Crippen LogP contribution in [0.5, 0.6) is 0 Å². The molecular weight excluding hydrogens is 499 g/mol. The molecule has 12 heteroatoms. The van der Waals surface area contributed by atoms with Gasteiger partial charge in [-0.3, -0.25) is 14.4 Å². The molecule has 31 heavy (non-hydrogen) atoms. The lowest BCUT2D eigenvalue weighted by Gasteiger charge is -2.24. The Morgan fingerprint density at radius 1 is 1.16 bits per heavy atom. The summed E-state index contributed by atoms with van der Waals surface area (Å²) in [4.78, 5) is 12.5. The van der Waals surface area contributed by atoms with E-state index in [1.54, 1.807) is 54.2 Å². The molecule has 0 aliphatic carbocycles. The molecule has 1 heterocycles. The molecule has 1 aromatic heterocycles. The van der Waals surface area contributed by atoms with Gasteiger partial charge < -0.3 is 0 Å². The summed E-state index contributed by atoms with van der Waals surface area (Å²) in [5.41, 5.74) is 1.38. The molecule has 0 aliphatic heterocycles. The van der Waals surface area contributed by atoms with Gasteiger partial charge >= 0.3 is 0 Å². The normalized spacial score (nSPS) is 11.4. The van der Waals surface area contributed by atoms with Crippen LogP contribution in [0.4, 0.5) is 10.8 Å². The summed E-state index contributed by atoms with van der Waals surface area (Å²) >= 11 is 15.1. The highest BCUT2D eigenvalue weighted by atomic mass is 35.5. The van der Waals surface area contributed by atoms with Crippen LogP contribution in [0.25, 0.3) is 0 Å². The number of amides is 1. The van der Waals surface area contributed by atoms with E-state index in [9.17, 15) is 13.2 Å². The lowest BCUT2D eigenvalue weighted by atomic mass is 10.1. The maximum atomic E-state index is 12.5. The van der Waals surface area contributed by atoms with Crippen LogP contribution in [0.3, 0.4) is 0 Å². The van der Waals surface area contributed by atoms with Crippen molar-refractivity contribution in [1.82, 2.24) is 10.2 Å². The number of aromatic nitrogens is 2. The highest BCUT2D eigenvalue weighted by Crippen LogP contribution is 2.34. The molecule has 0 aliphatic rings. The Balaban J connectivity index is 1.76. The SMILES string of the molecule is CCSc1nnc(NC(=O)c2ccc(CN(c3cccc(Cl)c3Cl)S(C)(=O)=O)cc2)s1. The van der Waals surface area contributed by atoms with Gasteiger partial charge in [0, 0.05) is 5.56 Å². The number of thioether (sulfide) groups is 1. The van der Waals surface area contributed by atoms with Crippen molar-refractivity contribution in [3.05, 3.63) is 63.6 Å². The van der Waals surface area contributed by atoms with Gasteiger partial charge in [0.25, 0.3) is 5.91 Å². The molecule has 0 unspecified atom stereocenters. The van der Waals surface area contributed by atoms with Crippen molar-refractivity contribution in [2.75, 3.05) is 21.6 Å². The number of nitrogens with one attached hydrogen (secondary N) is 1. The smallest absolute Gasteiger partial charge is 0.257 e. The number of carbonyl (C=O) groups is 1. The van der Waals surface area contributed by atoms with E-state index in [0.29, 0.717) is 16.3 Å². The van der Waals surface area contributed by atoms with E-state index in [1.807, 2.05) is 6.92 Å². The van der Waals surface area contributed by atoms with Crippen LogP contribution >= 0.6 is 46.3 Å². The average Bonchev–Trinajstić information content (AvgIpc) is 3.15. The van der Waals surface area contributed by atoms with Gasteiger partial charge in [0.1, 0.15) is 0 Å². The molecule has 0 spiro atoms. The predicted octanol–water partition coefficient (Wildman–Crippen LogP) is 5.18. The molecular formula is C19H18Cl2N4O3S3. The first kappa shape index (κ1) is 23.8. The summed E-state index contributed by atoms with van der Waals surface area (Å²) in [6, 6.07) is 11.4. The van der Waals surface area contributed by atoms with E-state index in [1.165, 1.54) is 15.6 Å². The Bertz CT molecular complexity index is 1180. The average molecular weight is 517 g/mol. The standard InChI is InChI=1S/C19H18Cl2N4O3S3/c1-3-29-19-24-23-18(30-19)22-17(26)13-9-7-12(8-10-13)11-25(31(2,27)28)15-6-4-5-14(20)16(15)21/h4-10H,3,11H2,1-2H3,(H,22,23,26). The second-order valence-electron chi connectivity index (χ2n) is 6.30. The van der Waals surface area contributed by atoms with Crippen molar-refractivity contribution in [3.8, 4) is 0 Å². The molecule has 0 bridgehead atoms. The molecule has 0 atom stereocenters. The number of benzene rings is 2. The molecule has 0 saturated carbocycles. The van der Waals surface area contributed by atoms with E-state index in [2.05, 4.69) is 15.5 Å². The van der Waals surface area contributed by atoms with E-state index in [4.69, 9.17) is 23.2 Å². The summed E-state index contributed by atoms with van der Waals surface area (Å²) in [5.74, 6) is 0.545. The van der Waals surface area contributed by atoms with Crippen LogP contribution in [-0.4, -0.2) is 36.5 Å². The first-order chi connectivity index (χ1) is 14.7. The lowest BCUT2D eigenvalue weighted by Crippen LogP contribution is -2.29. The zero-order chi connectivity index (χ0) is 22.6. The first-order valence-corrected chi connectivity index (χ1v) is 13.4. The maximum absolute atomic E-state index is 12.5. The molecule has 1 amide bonds. The zero-order valence-corrected chi connectivity index (χ0v) is 20.5. The number of hydrogen-bond donors (Lipinski definition) is 1. The van der Waals surface area contributed by atoms with Gasteiger partial charge in [-0.1, -0.05) is 71.4 Å². The second-order valence-corrected chi connectivity index (χ2v) is 11.5. The van der Waals surface area contributed by atoms with Gasteiger partial charge in [-0.2, -0.15) is 0 Å². The molecule has 7 nitrogen and oxygen atoms in total. The molecule has 164 valence electrons. The monoisotopic (exact) mass is 516 g/mol. The van der Waals surface area contributed by atoms with E-state index in [-0.39, 0.29) is 28.2 Å². The summed E-state index contributed by atoms with van der Waals surface area (Å²) in [6.45, 7) is 2.05. The van der Waals surface area contributed by atoms with Crippen molar-refractivity contribution in [1.29, 1.82) is 0 Å². The van der Waals surface area contributed by atoms with Crippen LogP contribution in [-0.2, 0) is 16.6 Å². The molecule has 0 radical (unpaired) electrons. The summed E-state index contributed by atoms with van der Waals surface area (Å²) < 4.78 is 26.7. The summed E-state index contributed by atoms with van der Waals surface area (Å²) in [6.07, 6.45) is 1.10. The zero-order valence-electron chi connectivity index (χ0n) is 16.5.